The highest BCUT2D eigenvalue weighted by atomic mass is 79.9. The Labute approximate surface area is 136 Å². The van der Waals surface area contributed by atoms with Gasteiger partial charge in [0.15, 0.2) is 0 Å². The first-order valence-electron chi connectivity index (χ1n) is 6.28. The van der Waals surface area contributed by atoms with E-state index in [0.717, 1.165) is 31.4 Å². The molecule has 1 atom stereocenters. The molecule has 0 amide bonds. The number of rotatable bonds is 4. The zero-order valence-corrected chi connectivity index (χ0v) is 14.5. The maximum Gasteiger partial charge on any atom is 0.133 e. The average molecular weight is 400 g/mol. The number of aliphatic hydroxyl groups is 1. The molecule has 4 heteroatoms. The summed E-state index contributed by atoms with van der Waals surface area (Å²) in [6.07, 6.45) is 0.0637. The van der Waals surface area contributed by atoms with Crippen LogP contribution >= 0.6 is 31.9 Å². The van der Waals surface area contributed by atoms with Crippen molar-refractivity contribution >= 4 is 31.9 Å². The summed E-state index contributed by atoms with van der Waals surface area (Å²) in [5, 5.41) is 10.4. The number of ether oxygens (including phenoxy) is 1. The molecule has 2 aromatic carbocycles. The van der Waals surface area contributed by atoms with Gasteiger partial charge in [-0.25, -0.2) is 0 Å². The third kappa shape index (κ3) is 3.62. The molecule has 0 aliphatic rings. The van der Waals surface area contributed by atoms with Gasteiger partial charge in [-0.2, -0.15) is 0 Å². The lowest BCUT2D eigenvalue weighted by molar-refractivity contribution is 0.177. The number of methoxy groups -OCH3 is 1. The van der Waals surface area contributed by atoms with Crippen molar-refractivity contribution in [3.63, 3.8) is 0 Å². The van der Waals surface area contributed by atoms with Crippen LogP contribution in [0.1, 0.15) is 22.8 Å². The topological polar surface area (TPSA) is 29.5 Å². The van der Waals surface area contributed by atoms with E-state index in [-0.39, 0.29) is 0 Å². The van der Waals surface area contributed by atoms with E-state index in [1.165, 1.54) is 0 Å². The van der Waals surface area contributed by atoms with E-state index in [1.54, 1.807) is 7.11 Å². The maximum atomic E-state index is 10.4. The average Bonchev–Trinajstić information content (AvgIpc) is 2.38. The van der Waals surface area contributed by atoms with E-state index in [9.17, 15) is 5.11 Å². The second-order valence-electron chi connectivity index (χ2n) is 4.69. The standard InChI is InChI=1S/C16H16Br2O2/c1-10-7-12(17)4-5-13(10)15(19)9-11-3-6-16(20-2)14(18)8-11/h3-8,15,19H,9H2,1-2H3. The van der Waals surface area contributed by atoms with Crippen LogP contribution in [0.3, 0.4) is 0 Å². The Balaban J connectivity index is 2.18. The lowest BCUT2D eigenvalue weighted by Crippen LogP contribution is -2.04. The highest BCUT2D eigenvalue weighted by Crippen LogP contribution is 2.29. The summed E-state index contributed by atoms with van der Waals surface area (Å²) in [4.78, 5) is 0. The number of halogens is 2. The second kappa shape index (κ2) is 6.74. The Kier molecular flexibility index (Phi) is 5.24. The molecule has 0 spiro atoms. The number of benzene rings is 2. The van der Waals surface area contributed by atoms with Crippen molar-refractivity contribution in [1.29, 1.82) is 0 Å². The van der Waals surface area contributed by atoms with Crippen LogP contribution in [0.25, 0.3) is 0 Å². The van der Waals surface area contributed by atoms with E-state index < -0.39 is 6.10 Å². The molecule has 2 nitrogen and oxygen atoms in total. The summed E-state index contributed by atoms with van der Waals surface area (Å²) in [6.45, 7) is 2.01. The molecule has 0 fully saturated rings. The molecule has 0 aliphatic carbocycles. The van der Waals surface area contributed by atoms with E-state index in [2.05, 4.69) is 31.9 Å². The molecule has 0 bridgehead atoms. The summed E-state index contributed by atoms with van der Waals surface area (Å²) in [5.41, 5.74) is 3.10. The highest BCUT2D eigenvalue weighted by Gasteiger charge is 2.12. The van der Waals surface area contributed by atoms with Crippen molar-refractivity contribution < 1.29 is 9.84 Å². The highest BCUT2D eigenvalue weighted by molar-refractivity contribution is 9.10. The fourth-order valence-corrected chi connectivity index (χ4v) is 3.25. The normalized spacial score (nSPS) is 12.2. The van der Waals surface area contributed by atoms with Crippen molar-refractivity contribution in [3.05, 3.63) is 62.0 Å². The molecular formula is C16H16Br2O2. The van der Waals surface area contributed by atoms with Crippen LogP contribution in [0, 0.1) is 6.92 Å². The molecule has 0 aliphatic heterocycles. The Hall–Kier alpha value is -0.840. The molecule has 0 saturated heterocycles. The van der Waals surface area contributed by atoms with Crippen molar-refractivity contribution in [2.24, 2.45) is 0 Å². The number of hydrogen-bond acceptors (Lipinski definition) is 2. The first-order chi connectivity index (χ1) is 9.51. The molecule has 0 aromatic heterocycles. The van der Waals surface area contributed by atoms with Gasteiger partial charge in [0.2, 0.25) is 0 Å². The van der Waals surface area contributed by atoms with Gasteiger partial charge in [0.25, 0.3) is 0 Å². The Morgan fingerprint density at radius 2 is 1.90 bits per heavy atom. The lowest BCUT2D eigenvalue weighted by atomic mass is 9.98. The van der Waals surface area contributed by atoms with Gasteiger partial charge in [0.05, 0.1) is 17.7 Å². The minimum Gasteiger partial charge on any atom is -0.496 e. The van der Waals surface area contributed by atoms with Crippen LogP contribution in [0.4, 0.5) is 0 Å². The molecule has 1 unspecified atom stereocenters. The predicted octanol–water partition coefficient (Wildman–Crippen LogP) is 4.80. The number of aryl methyl sites for hydroxylation is 1. The molecule has 2 rings (SSSR count). The number of aliphatic hydroxyl groups excluding tert-OH is 1. The van der Waals surface area contributed by atoms with Crippen LogP contribution in [0.2, 0.25) is 0 Å². The Morgan fingerprint density at radius 1 is 1.15 bits per heavy atom. The van der Waals surface area contributed by atoms with Crippen molar-refractivity contribution in [2.75, 3.05) is 7.11 Å². The minimum absolute atomic E-state index is 0.511. The fourth-order valence-electron chi connectivity index (χ4n) is 2.18. The minimum atomic E-state index is -0.511. The van der Waals surface area contributed by atoms with Gasteiger partial charge in [-0.15, -0.1) is 0 Å². The first kappa shape index (κ1) is 15.5. The van der Waals surface area contributed by atoms with Crippen molar-refractivity contribution in [1.82, 2.24) is 0 Å². The molecule has 1 N–H and O–H groups in total. The van der Waals surface area contributed by atoms with Gasteiger partial charge in [-0.3, -0.25) is 0 Å². The lowest BCUT2D eigenvalue weighted by Gasteiger charge is -2.15. The number of hydrogen-bond donors (Lipinski definition) is 1. The predicted molar refractivity (Wildman–Crippen MR) is 88.2 cm³/mol. The molecule has 0 radical (unpaired) electrons. The summed E-state index contributed by atoms with van der Waals surface area (Å²) >= 11 is 6.90. The maximum absolute atomic E-state index is 10.4. The smallest absolute Gasteiger partial charge is 0.133 e. The van der Waals surface area contributed by atoms with Crippen LogP contribution in [0.5, 0.6) is 5.75 Å². The molecular weight excluding hydrogens is 384 g/mol. The third-order valence-corrected chi connectivity index (χ3v) is 4.35. The van der Waals surface area contributed by atoms with Crippen LogP contribution in [-0.4, -0.2) is 12.2 Å². The van der Waals surface area contributed by atoms with Gasteiger partial charge in [-0.1, -0.05) is 28.1 Å². The van der Waals surface area contributed by atoms with Crippen LogP contribution < -0.4 is 4.74 Å². The monoisotopic (exact) mass is 398 g/mol. The summed E-state index contributed by atoms with van der Waals surface area (Å²) < 4.78 is 7.13. The summed E-state index contributed by atoms with van der Waals surface area (Å²) in [6, 6.07) is 11.8. The third-order valence-electron chi connectivity index (χ3n) is 3.24. The SMILES string of the molecule is COc1ccc(CC(O)c2ccc(Br)cc2C)cc1Br. The van der Waals surface area contributed by atoms with Crippen LogP contribution in [-0.2, 0) is 6.42 Å². The molecule has 106 valence electrons. The summed E-state index contributed by atoms with van der Waals surface area (Å²) in [7, 11) is 1.64. The summed E-state index contributed by atoms with van der Waals surface area (Å²) in [5.74, 6) is 0.795. The zero-order chi connectivity index (χ0) is 14.7. The quantitative estimate of drug-likeness (QED) is 0.799. The molecule has 2 aromatic rings. The second-order valence-corrected chi connectivity index (χ2v) is 6.46. The van der Waals surface area contributed by atoms with E-state index in [0.29, 0.717) is 6.42 Å². The fraction of sp³-hybridized carbons (Fsp3) is 0.250. The van der Waals surface area contributed by atoms with E-state index in [1.807, 2.05) is 43.3 Å². The molecule has 20 heavy (non-hydrogen) atoms. The van der Waals surface area contributed by atoms with Gasteiger partial charge >= 0.3 is 0 Å². The van der Waals surface area contributed by atoms with Crippen molar-refractivity contribution in [2.45, 2.75) is 19.4 Å². The molecule has 0 saturated carbocycles. The Morgan fingerprint density at radius 3 is 2.50 bits per heavy atom. The van der Waals surface area contributed by atoms with E-state index in [4.69, 9.17) is 4.74 Å². The zero-order valence-electron chi connectivity index (χ0n) is 11.4. The van der Waals surface area contributed by atoms with Gasteiger partial charge in [0.1, 0.15) is 5.75 Å². The van der Waals surface area contributed by atoms with Crippen LogP contribution in [0.15, 0.2) is 45.3 Å². The van der Waals surface area contributed by atoms with Gasteiger partial charge in [0, 0.05) is 10.9 Å². The Bertz CT molecular complexity index is 611. The van der Waals surface area contributed by atoms with E-state index >= 15 is 0 Å². The molecule has 0 heterocycles. The first-order valence-corrected chi connectivity index (χ1v) is 7.86. The van der Waals surface area contributed by atoms with Crippen molar-refractivity contribution in [3.8, 4) is 5.75 Å². The van der Waals surface area contributed by atoms with Gasteiger partial charge in [-0.05, 0) is 63.8 Å². The largest absolute Gasteiger partial charge is 0.496 e. The van der Waals surface area contributed by atoms with Gasteiger partial charge < -0.3 is 9.84 Å².